The number of rotatable bonds is 3. The predicted octanol–water partition coefficient (Wildman–Crippen LogP) is 5.22. The molecule has 0 aliphatic rings. The monoisotopic (exact) mass is 379 g/mol. The van der Waals surface area contributed by atoms with E-state index in [1.807, 2.05) is 30.3 Å². The second kappa shape index (κ2) is 7.28. The maximum absolute atomic E-state index is 13.0. The van der Waals surface area contributed by atoms with E-state index >= 15 is 0 Å². The fraction of sp³-hybridized carbons (Fsp3) is 0.136. The number of nitrogens with one attached hydrogen (secondary N) is 1. The fourth-order valence-electron chi connectivity index (χ4n) is 3.11. The SMILES string of the molecule is FC(F)(F)Cn1c(C#CCNc2cnc3ccccc3c2)cc2ccccc21. The maximum Gasteiger partial charge on any atom is 0.406 e. The van der Waals surface area contributed by atoms with Crippen LogP contribution in [0.5, 0.6) is 0 Å². The molecule has 1 N–H and O–H groups in total. The van der Waals surface area contributed by atoms with Crippen molar-refractivity contribution in [3.63, 3.8) is 0 Å². The van der Waals surface area contributed by atoms with Crippen LogP contribution in [-0.2, 0) is 6.54 Å². The van der Waals surface area contributed by atoms with Gasteiger partial charge in [-0.25, -0.2) is 0 Å². The summed E-state index contributed by atoms with van der Waals surface area (Å²) in [5, 5.41) is 4.88. The quantitative estimate of drug-likeness (QED) is 0.495. The van der Waals surface area contributed by atoms with Crippen molar-refractivity contribution in [2.75, 3.05) is 11.9 Å². The molecule has 0 aliphatic heterocycles. The number of alkyl halides is 3. The molecule has 0 saturated carbocycles. The molecule has 0 bridgehead atoms. The summed E-state index contributed by atoms with van der Waals surface area (Å²) in [6.07, 6.45) is -2.60. The van der Waals surface area contributed by atoms with Crippen molar-refractivity contribution in [3.05, 3.63) is 72.6 Å². The van der Waals surface area contributed by atoms with Gasteiger partial charge in [0.1, 0.15) is 6.54 Å². The van der Waals surface area contributed by atoms with Gasteiger partial charge in [0.05, 0.1) is 29.6 Å². The van der Waals surface area contributed by atoms with E-state index in [9.17, 15) is 13.2 Å². The van der Waals surface area contributed by atoms with Crippen LogP contribution in [-0.4, -0.2) is 22.3 Å². The van der Waals surface area contributed by atoms with Crippen LogP contribution in [0.15, 0.2) is 66.9 Å². The highest BCUT2D eigenvalue weighted by atomic mass is 19.4. The third kappa shape index (κ3) is 3.94. The van der Waals surface area contributed by atoms with Gasteiger partial charge in [0.15, 0.2) is 0 Å². The molecule has 0 spiro atoms. The molecule has 2 heterocycles. The van der Waals surface area contributed by atoms with Gasteiger partial charge >= 0.3 is 6.18 Å². The van der Waals surface area contributed by atoms with Crippen molar-refractivity contribution in [1.82, 2.24) is 9.55 Å². The summed E-state index contributed by atoms with van der Waals surface area (Å²) in [6.45, 7) is -0.764. The zero-order valence-electron chi connectivity index (χ0n) is 14.8. The molecule has 2 aromatic carbocycles. The topological polar surface area (TPSA) is 29.9 Å². The average Bonchev–Trinajstić information content (AvgIpc) is 3.01. The second-order valence-electron chi connectivity index (χ2n) is 6.36. The highest BCUT2D eigenvalue weighted by Crippen LogP contribution is 2.25. The Labute approximate surface area is 159 Å². The van der Waals surface area contributed by atoms with Crippen molar-refractivity contribution in [2.45, 2.75) is 12.7 Å². The number of fused-ring (bicyclic) bond motifs is 2. The van der Waals surface area contributed by atoms with Crippen molar-refractivity contribution in [1.29, 1.82) is 0 Å². The molecule has 3 nitrogen and oxygen atoms in total. The first-order valence-corrected chi connectivity index (χ1v) is 8.72. The highest BCUT2D eigenvalue weighted by molar-refractivity contribution is 5.83. The van der Waals surface area contributed by atoms with Crippen LogP contribution in [0.1, 0.15) is 5.69 Å². The summed E-state index contributed by atoms with van der Waals surface area (Å²) >= 11 is 0. The number of hydrogen-bond donors (Lipinski definition) is 1. The van der Waals surface area contributed by atoms with Crippen LogP contribution in [0.3, 0.4) is 0 Å². The van der Waals surface area contributed by atoms with Gasteiger partial charge in [0, 0.05) is 16.3 Å². The Kier molecular flexibility index (Phi) is 4.66. The normalized spacial score (nSPS) is 11.4. The Morgan fingerprint density at radius 1 is 0.964 bits per heavy atom. The lowest BCUT2D eigenvalue weighted by Crippen LogP contribution is -2.18. The second-order valence-corrected chi connectivity index (χ2v) is 6.36. The van der Waals surface area contributed by atoms with Crippen LogP contribution in [0.25, 0.3) is 21.8 Å². The Bertz CT molecular complexity index is 1200. The van der Waals surface area contributed by atoms with E-state index in [2.05, 4.69) is 22.1 Å². The molecule has 140 valence electrons. The van der Waals surface area contributed by atoms with E-state index in [1.165, 1.54) is 4.57 Å². The van der Waals surface area contributed by atoms with E-state index < -0.39 is 12.7 Å². The van der Waals surface area contributed by atoms with Gasteiger partial charge in [-0.05, 0) is 30.2 Å². The van der Waals surface area contributed by atoms with Gasteiger partial charge in [0.25, 0.3) is 0 Å². The molecule has 4 aromatic rings. The van der Waals surface area contributed by atoms with Crippen LogP contribution in [0, 0.1) is 11.8 Å². The summed E-state index contributed by atoms with van der Waals surface area (Å²) in [6, 6.07) is 18.4. The molecule has 0 amide bonds. The van der Waals surface area contributed by atoms with Gasteiger partial charge in [-0.3, -0.25) is 4.98 Å². The van der Waals surface area contributed by atoms with Crippen LogP contribution < -0.4 is 5.32 Å². The van der Waals surface area contributed by atoms with E-state index in [0.29, 0.717) is 17.8 Å². The lowest BCUT2D eigenvalue weighted by atomic mass is 10.2. The molecular weight excluding hydrogens is 363 g/mol. The summed E-state index contributed by atoms with van der Waals surface area (Å²) in [5.74, 6) is 5.77. The predicted molar refractivity (Wildman–Crippen MR) is 105 cm³/mol. The smallest absolute Gasteiger partial charge is 0.373 e. The van der Waals surface area contributed by atoms with Gasteiger partial charge in [-0.2, -0.15) is 13.2 Å². The van der Waals surface area contributed by atoms with E-state index in [0.717, 1.165) is 22.0 Å². The van der Waals surface area contributed by atoms with Crippen LogP contribution in [0.4, 0.5) is 18.9 Å². The summed E-state index contributed by atoms with van der Waals surface area (Å²) in [4.78, 5) is 4.36. The number of pyridine rings is 1. The van der Waals surface area contributed by atoms with E-state index in [1.54, 1.807) is 36.5 Å². The maximum atomic E-state index is 13.0. The number of anilines is 1. The van der Waals surface area contributed by atoms with Gasteiger partial charge in [-0.1, -0.05) is 42.3 Å². The first-order chi connectivity index (χ1) is 13.5. The van der Waals surface area contributed by atoms with Gasteiger partial charge < -0.3 is 9.88 Å². The molecule has 28 heavy (non-hydrogen) atoms. The number of hydrogen-bond acceptors (Lipinski definition) is 2. The minimum Gasteiger partial charge on any atom is -0.373 e. The molecule has 0 fully saturated rings. The lowest BCUT2D eigenvalue weighted by molar-refractivity contribution is -0.140. The molecule has 0 aliphatic carbocycles. The zero-order chi connectivity index (χ0) is 19.6. The summed E-state index contributed by atoms with van der Waals surface area (Å²) in [5.41, 5.74) is 2.58. The number of para-hydroxylation sites is 2. The molecule has 0 radical (unpaired) electrons. The number of benzene rings is 2. The Balaban J connectivity index is 1.55. The zero-order valence-corrected chi connectivity index (χ0v) is 14.8. The van der Waals surface area contributed by atoms with Crippen molar-refractivity contribution >= 4 is 27.5 Å². The summed E-state index contributed by atoms with van der Waals surface area (Å²) < 4.78 is 40.1. The van der Waals surface area contributed by atoms with Crippen LogP contribution >= 0.6 is 0 Å². The minimum atomic E-state index is -4.31. The third-order valence-corrected chi connectivity index (χ3v) is 4.34. The van der Waals surface area contributed by atoms with Crippen molar-refractivity contribution in [2.24, 2.45) is 0 Å². The fourth-order valence-corrected chi connectivity index (χ4v) is 3.11. The summed E-state index contributed by atoms with van der Waals surface area (Å²) in [7, 11) is 0. The number of halogens is 3. The molecule has 2 aromatic heterocycles. The van der Waals surface area contributed by atoms with Crippen molar-refractivity contribution in [3.8, 4) is 11.8 Å². The van der Waals surface area contributed by atoms with E-state index in [4.69, 9.17) is 0 Å². The Morgan fingerprint density at radius 2 is 1.71 bits per heavy atom. The first-order valence-electron chi connectivity index (χ1n) is 8.72. The Morgan fingerprint density at radius 3 is 2.54 bits per heavy atom. The number of aromatic nitrogens is 2. The van der Waals surface area contributed by atoms with Crippen LogP contribution in [0.2, 0.25) is 0 Å². The standard InChI is InChI=1S/C22H16F3N3/c23-22(24,25)15-28-19(13-17-7-2-4-10-21(17)28)8-5-11-26-18-12-16-6-1-3-9-20(16)27-14-18/h1-4,6-7,9-10,12-14,26H,11,15H2. The molecular formula is C22H16F3N3. The molecule has 6 heteroatoms. The molecule has 0 saturated heterocycles. The average molecular weight is 379 g/mol. The Hall–Kier alpha value is -3.46. The lowest BCUT2D eigenvalue weighted by Gasteiger charge is -2.10. The van der Waals surface area contributed by atoms with Crippen molar-refractivity contribution < 1.29 is 13.2 Å². The third-order valence-electron chi connectivity index (χ3n) is 4.34. The molecule has 0 unspecified atom stereocenters. The van der Waals surface area contributed by atoms with Gasteiger partial charge in [0.2, 0.25) is 0 Å². The minimum absolute atomic E-state index is 0.299. The highest BCUT2D eigenvalue weighted by Gasteiger charge is 2.29. The van der Waals surface area contributed by atoms with E-state index in [-0.39, 0.29) is 0 Å². The first kappa shape index (κ1) is 17.9. The molecule has 4 rings (SSSR count). The largest absolute Gasteiger partial charge is 0.406 e. The number of nitrogens with zero attached hydrogens (tertiary/aromatic N) is 2. The van der Waals surface area contributed by atoms with Gasteiger partial charge in [-0.15, -0.1) is 0 Å². The molecule has 0 atom stereocenters.